The van der Waals surface area contributed by atoms with E-state index in [1.54, 1.807) is 6.20 Å². The van der Waals surface area contributed by atoms with Gasteiger partial charge < -0.3 is 4.90 Å². The Morgan fingerprint density at radius 3 is 2.24 bits per heavy atom. The van der Waals surface area contributed by atoms with Crippen molar-refractivity contribution in [1.29, 1.82) is 0 Å². The molecule has 4 nitrogen and oxygen atoms in total. The fourth-order valence-electron chi connectivity index (χ4n) is 3.38. The molecular weight excluding hydrogens is 310 g/mol. The zero-order chi connectivity index (χ0) is 17.1. The highest BCUT2D eigenvalue weighted by atomic mass is 16.2. The van der Waals surface area contributed by atoms with Crippen molar-refractivity contribution in [3.63, 3.8) is 0 Å². The van der Waals surface area contributed by atoms with E-state index in [9.17, 15) is 4.79 Å². The van der Waals surface area contributed by atoms with E-state index in [2.05, 4.69) is 41.5 Å². The van der Waals surface area contributed by atoms with E-state index in [1.807, 2.05) is 34.0 Å². The summed E-state index contributed by atoms with van der Waals surface area (Å²) in [6, 6.07) is 18.6. The third-order valence-electron chi connectivity index (χ3n) is 4.78. The number of hydrogen-bond donors (Lipinski definition) is 0. The summed E-state index contributed by atoms with van der Waals surface area (Å²) in [5.41, 5.74) is 4.56. The standard InChI is InChI=1S/C21H21N3O/c25-21(23-12-10-18-8-4-5-9-19(18)11-13-23)20-14-22-24(16-20)15-17-6-2-1-3-7-17/h1-9,14,16H,10-13,15H2. The molecule has 25 heavy (non-hydrogen) atoms. The molecule has 1 amide bonds. The van der Waals surface area contributed by atoms with Crippen LogP contribution in [0.5, 0.6) is 0 Å². The molecule has 0 saturated heterocycles. The monoisotopic (exact) mass is 331 g/mol. The van der Waals surface area contributed by atoms with Crippen LogP contribution in [0.4, 0.5) is 0 Å². The van der Waals surface area contributed by atoms with Gasteiger partial charge in [-0.1, -0.05) is 54.6 Å². The van der Waals surface area contributed by atoms with E-state index in [0.29, 0.717) is 12.1 Å². The average molecular weight is 331 g/mol. The molecule has 0 unspecified atom stereocenters. The molecule has 2 heterocycles. The van der Waals surface area contributed by atoms with Crippen LogP contribution in [0.25, 0.3) is 0 Å². The molecule has 3 aromatic rings. The summed E-state index contributed by atoms with van der Waals surface area (Å²) in [6.45, 7) is 2.21. The fourth-order valence-corrected chi connectivity index (χ4v) is 3.38. The minimum absolute atomic E-state index is 0.0760. The number of aromatic nitrogens is 2. The Bertz CT molecular complexity index is 843. The number of hydrogen-bond acceptors (Lipinski definition) is 2. The van der Waals surface area contributed by atoms with E-state index in [4.69, 9.17) is 0 Å². The Labute approximate surface area is 147 Å². The molecule has 0 bridgehead atoms. The Morgan fingerprint density at radius 2 is 1.56 bits per heavy atom. The molecular formula is C21H21N3O. The SMILES string of the molecule is O=C(c1cnn(Cc2ccccc2)c1)N1CCc2ccccc2CC1. The molecule has 1 aliphatic rings. The van der Waals surface area contributed by atoms with E-state index in [-0.39, 0.29) is 5.91 Å². The van der Waals surface area contributed by atoms with Crippen molar-refractivity contribution in [2.45, 2.75) is 19.4 Å². The first-order valence-electron chi connectivity index (χ1n) is 8.72. The number of fused-ring (bicyclic) bond motifs is 1. The summed E-state index contributed by atoms with van der Waals surface area (Å²) >= 11 is 0. The number of benzene rings is 2. The van der Waals surface area contributed by atoms with Gasteiger partial charge in [0.15, 0.2) is 0 Å². The first-order valence-corrected chi connectivity index (χ1v) is 8.72. The van der Waals surface area contributed by atoms with Crippen LogP contribution in [0.2, 0.25) is 0 Å². The van der Waals surface area contributed by atoms with E-state index >= 15 is 0 Å². The maximum atomic E-state index is 12.8. The van der Waals surface area contributed by atoms with Crippen LogP contribution in [-0.2, 0) is 19.4 Å². The molecule has 1 aliphatic heterocycles. The highest BCUT2D eigenvalue weighted by Crippen LogP contribution is 2.17. The van der Waals surface area contributed by atoms with Crippen LogP contribution in [0.1, 0.15) is 27.0 Å². The zero-order valence-electron chi connectivity index (χ0n) is 14.1. The molecule has 1 aromatic heterocycles. The van der Waals surface area contributed by atoms with Crippen LogP contribution < -0.4 is 0 Å². The minimum Gasteiger partial charge on any atom is -0.338 e. The Balaban J connectivity index is 1.45. The summed E-state index contributed by atoms with van der Waals surface area (Å²) in [5.74, 6) is 0.0760. The van der Waals surface area contributed by atoms with Crippen LogP contribution in [-0.4, -0.2) is 33.7 Å². The lowest BCUT2D eigenvalue weighted by Gasteiger charge is -2.19. The van der Waals surface area contributed by atoms with Gasteiger partial charge in [0.25, 0.3) is 5.91 Å². The predicted molar refractivity (Wildman–Crippen MR) is 97.5 cm³/mol. The van der Waals surface area contributed by atoms with Crippen LogP contribution >= 0.6 is 0 Å². The van der Waals surface area contributed by atoms with Gasteiger partial charge in [0.05, 0.1) is 18.3 Å². The highest BCUT2D eigenvalue weighted by molar-refractivity contribution is 5.93. The first kappa shape index (κ1) is 15.6. The Hall–Kier alpha value is -2.88. The highest BCUT2D eigenvalue weighted by Gasteiger charge is 2.20. The molecule has 4 heteroatoms. The van der Waals surface area contributed by atoms with Gasteiger partial charge in [-0.25, -0.2) is 0 Å². The summed E-state index contributed by atoms with van der Waals surface area (Å²) in [7, 11) is 0. The maximum Gasteiger partial charge on any atom is 0.257 e. The van der Waals surface area contributed by atoms with Gasteiger partial charge in [0, 0.05) is 19.3 Å². The van der Waals surface area contributed by atoms with Crippen molar-refractivity contribution < 1.29 is 4.79 Å². The smallest absolute Gasteiger partial charge is 0.257 e. The van der Waals surface area contributed by atoms with Gasteiger partial charge in [-0.3, -0.25) is 9.48 Å². The summed E-state index contributed by atoms with van der Waals surface area (Å²) in [6.07, 6.45) is 5.37. The van der Waals surface area contributed by atoms with E-state index < -0.39 is 0 Å². The predicted octanol–water partition coefficient (Wildman–Crippen LogP) is 3.17. The Morgan fingerprint density at radius 1 is 0.920 bits per heavy atom. The second-order valence-corrected chi connectivity index (χ2v) is 6.47. The number of nitrogens with zero attached hydrogens (tertiary/aromatic N) is 3. The molecule has 0 saturated carbocycles. The number of carbonyl (C=O) groups is 1. The normalized spacial score (nSPS) is 14.0. The second-order valence-electron chi connectivity index (χ2n) is 6.47. The third-order valence-corrected chi connectivity index (χ3v) is 4.78. The largest absolute Gasteiger partial charge is 0.338 e. The van der Waals surface area contributed by atoms with Gasteiger partial charge in [0.2, 0.25) is 0 Å². The molecule has 4 rings (SSSR count). The fraction of sp³-hybridized carbons (Fsp3) is 0.238. The van der Waals surface area contributed by atoms with Gasteiger partial charge in [0.1, 0.15) is 0 Å². The molecule has 0 N–H and O–H groups in total. The topological polar surface area (TPSA) is 38.1 Å². The lowest BCUT2D eigenvalue weighted by atomic mass is 10.0. The molecule has 2 aromatic carbocycles. The molecule has 126 valence electrons. The number of carbonyl (C=O) groups excluding carboxylic acids is 1. The molecule has 0 atom stereocenters. The van der Waals surface area contributed by atoms with Crippen LogP contribution in [0.3, 0.4) is 0 Å². The zero-order valence-corrected chi connectivity index (χ0v) is 14.1. The first-order chi connectivity index (χ1) is 12.3. The molecule has 0 fully saturated rings. The average Bonchev–Trinajstić information content (AvgIpc) is 3.00. The van der Waals surface area contributed by atoms with Crippen LogP contribution in [0.15, 0.2) is 67.0 Å². The summed E-state index contributed by atoms with van der Waals surface area (Å²) in [5, 5.41) is 4.36. The molecule has 0 aliphatic carbocycles. The van der Waals surface area contributed by atoms with Crippen LogP contribution in [0, 0.1) is 0 Å². The van der Waals surface area contributed by atoms with E-state index in [1.165, 1.54) is 16.7 Å². The van der Waals surface area contributed by atoms with Gasteiger partial charge in [-0.15, -0.1) is 0 Å². The van der Waals surface area contributed by atoms with Crippen molar-refractivity contribution >= 4 is 5.91 Å². The number of rotatable bonds is 3. The van der Waals surface area contributed by atoms with Crippen molar-refractivity contribution in [3.05, 3.63) is 89.2 Å². The van der Waals surface area contributed by atoms with Crippen molar-refractivity contribution in [2.24, 2.45) is 0 Å². The second kappa shape index (κ2) is 6.93. The quantitative estimate of drug-likeness (QED) is 0.739. The lowest BCUT2D eigenvalue weighted by Crippen LogP contribution is -2.33. The van der Waals surface area contributed by atoms with Crippen molar-refractivity contribution in [3.8, 4) is 0 Å². The van der Waals surface area contributed by atoms with Gasteiger partial charge in [-0.2, -0.15) is 5.10 Å². The van der Waals surface area contributed by atoms with Gasteiger partial charge >= 0.3 is 0 Å². The Kier molecular flexibility index (Phi) is 4.34. The third kappa shape index (κ3) is 3.48. The van der Waals surface area contributed by atoms with Crippen molar-refractivity contribution in [2.75, 3.05) is 13.1 Å². The van der Waals surface area contributed by atoms with E-state index in [0.717, 1.165) is 25.9 Å². The molecule has 0 spiro atoms. The summed E-state index contributed by atoms with van der Waals surface area (Å²) < 4.78 is 1.83. The van der Waals surface area contributed by atoms with Crippen molar-refractivity contribution in [1.82, 2.24) is 14.7 Å². The lowest BCUT2D eigenvalue weighted by molar-refractivity contribution is 0.0763. The molecule has 0 radical (unpaired) electrons. The maximum absolute atomic E-state index is 12.8. The number of amides is 1. The van der Waals surface area contributed by atoms with Gasteiger partial charge in [-0.05, 0) is 29.5 Å². The minimum atomic E-state index is 0.0760. The summed E-state index contributed by atoms with van der Waals surface area (Å²) in [4.78, 5) is 14.8.